The number of hydrogen-bond donors (Lipinski definition) is 1. The van der Waals surface area contributed by atoms with E-state index in [-0.39, 0.29) is 5.56 Å². The Bertz CT molecular complexity index is 1060. The van der Waals surface area contributed by atoms with Crippen LogP contribution in [0.4, 0.5) is 5.82 Å². The second kappa shape index (κ2) is 8.84. The molecule has 140 valence electrons. The first kappa shape index (κ1) is 19.1. The molecule has 0 spiro atoms. The molecular weight excluding hydrogens is 380 g/mol. The van der Waals surface area contributed by atoms with Crippen molar-refractivity contribution in [2.45, 2.75) is 6.54 Å². The molecule has 28 heavy (non-hydrogen) atoms. The number of amides is 1. The van der Waals surface area contributed by atoms with Crippen molar-refractivity contribution in [3.63, 3.8) is 0 Å². The molecule has 0 saturated heterocycles. The van der Waals surface area contributed by atoms with Crippen LogP contribution in [0.5, 0.6) is 0 Å². The molecule has 0 unspecified atom stereocenters. The Morgan fingerprint density at radius 1 is 1.18 bits per heavy atom. The van der Waals surface area contributed by atoms with Gasteiger partial charge < -0.3 is 10.1 Å². The second-order valence-corrected chi connectivity index (χ2v) is 6.26. The maximum Gasteiger partial charge on any atom is 0.338 e. The van der Waals surface area contributed by atoms with Gasteiger partial charge in [-0.1, -0.05) is 29.8 Å². The number of carbonyl (C=O) groups excluding carboxylic acids is 2. The third-order valence-electron chi connectivity index (χ3n) is 3.77. The van der Waals surface area contributed by atoms with Crippen LogP contribution in [0.25, 0.3) is 0 Å². The number of benzene rings is 2. The van der Waals surface area contributed by atoms with Crippen LogP contribution < -0.4 is 5.32 Å². The Hall–Kier alpha value is -3.63. The SMILES string of the molecule is N#Cc1cccc(C(=O)OCC(=O)Nc2ccnn2Cc2cccc(Cl)c2)c1. The third-order valence-corrected chi connectivity index (χ3v) is 4.00. The molecule has 2 aromatic carbocycles. The molecule has 0 saturated carbocycles. The first-order valence-corrected chi connectivity index (χ1v) is 8.66. The van der Waals surface area contributed by atoms with Gasteiger partial charge in [-0.05, 0) is 35.9 Å². The molecule has 0 aliphatic rings. The number of anilines is 1. The van der Waals surface area contributed by atoms with Crippen LogP contribution in [0.1, 0.15) is 21.5 Å². The number of esters is 1. The monoisotopic (exact) mass is 394 g/mol. The summed E-state index contributed by atoms with van der Waals surface area (Å²) in [5.74, 6) is -0.718. The number of halogens is 1. The molecule has 0 atom stereocenters. The number of carbonyl (C=O) groups is 2. The summed E-state index contributed by atoms with van der Waals surface area (Å²) in [5, 5.41) is 16.3. The molecule has 0 bridgehead atoms. The number of nitrogens with zero attached hydrogens (tertiary/aromatic N) is 3. The molecule has 1 heterocycles. The van der Waals surface area contributed by atoms with Crippen LogP contribution >= 0.6 is 11.6 Å². The van der Waals surface area contributed by atoms with Crippen LogP contribution in [0.2, 0.25) is 5.02 Å². The summed E-state index contributed by atoms with van der Waals surface area (Å²) in [5.41, 5.74) is 1.47. The van der Waals surface area contributed by atoms with Crippen molar-refractivity contribution in [3.05, 3.63) is 82.5 Å². The third kappa shape index (κ3) is 4.96. The summed E-state index contributed by atoms with van der Waals surface area (Å²) in [6.07, 6.45) is 1.56. The van der Waals surface area contributed by atoms with Crippen LogP contribution in [0, 0.1) is 11.3 Å². The zero-order chi connectivity index (χ0) is 19.9. The molecule has 3 rings (SSSR count). The van der Waals surface area contributed by atoms with Crippen molar-refractivity contribution >= 4 is 29.3 Å². The largest absolute Gasteiger partial charge is 0.452 e. The number of ether oxygens (including phenoxy) is 1. The zero-order valence-electron chi connectivity index (χ0n) is 14.6. The highest BCUT2D eigenvalue weighted by atomic mass is 35.5. The predicted octanol–water partition coefficient (Wildman–Crippen LogP) is 3.25. The molecule has 0 radical (unpaired) electrons. The molecule has 0 aliphatic carbocycles. The van der Waals surface area contributed by atoms with Crippen molar-refractivity contribution in [1.29, 1.82) is 5.26 Å². The first-order chi connectivity index (χ1) is 13.5. The van der Waals surface area contributed by atoms with E-state index in [9.17, 15) is 9.59 Å². The van der Waals surface area contributed by atoms with Gasteiger partial charge in [0.05, 0.1) is 29.9 Å². The Kier molecular flexibility index (Phi) is 6.04. The lowest BCUT2D eigenvalue weighted by molar-refractivity contribution is -0.119. The summed E-state index contributed by atoms with van der Waals surface area (Å²) < 4.78 is 6.60. The van der Waals surface area contributed by atoms with E-state index in [0.29, 0.717) is 22.9 Å². The van der Waals surface area contributed by atoms with E-state index in [0.717, 1.165) is 5.56 Å². The fourth-order valence-electron chi connectivity index (χ4n) is 2.48. The van der Waals surface area contributed by atoms with E-state index in [1.165, 1.54) is 12.1 Å². The Morgan fingerprint density at radius 3 is 2.79 bits per heavy atom. The minimum atomic E-state index is -0.681. The number of hydrogen-bond acceptors (Lipinski definition) is 5. The second-order valence-electron chi connectivity index (χ2n) is 5.82. The van der Waals surface area contributed by atoms with Crippen LogP contribution in [-0.2, 0) is 16.1 Å². The molecule has 8 heteroatoms. The van der Waals surface area contributed by atoms with Gasteiger partial charge in [0.1, 0.15) is 5.82 Å². The smallest absolute Gasteiger partial charge is 0.338 e. The number of aromatic nitrogens is 2. The minimum Gasteiger partial charge on any atom is -0.452 e. The van der Waals surface area contributed by atoms with Crippen molar-refractivity contribution < 1.29 is 14.3 Å². The van der Waals surface area contributed by atoms with Crippen LogP contribution in [0.15, 0.2) is 60.8 Å². The highest BCUT2D eigenvalue weighted by Crippen LogP contribution is 2.14. The topological polar surface area (TPSA) is 97.0 Å². The lowest BCUT2D eigenvalue weighted by Gasteiger charge is -2.10. The van der Waals surface area contributed by atoms with Crippen molar-refractivity contribution in [2.75, 3.05) is 11.9 Å². The van der Waals surface area contributed by atoms with Crippen molar-refractivity contribution in [2.24, 2.45) is 0 Å². The van der Waals surface area contributed by atoms with E-state index in [4.69, 9.17) is 21.6 Å². The van der Waals surface area contributed by atoms with Crippen molar-refractivity contribution in [1.82, 2.24) is 9.78 Å². The standard InChI is InChI=1S/C20H15ClN4O3/c21-17-6-2-4-15(10-17)12-25-18(7-8-23-25)24-19(26)13-28-20(27)16-5-1-3-14(9-16)11-22/h1-10H,12-13H2,(H,24,26). The van der Waals surface area contributed by atoms with Gasteiger partial charge in [-0.15, -0.1) is 0 Å². The first-order valence-electron chi connectivity index (χ1n) is 8.28. The van der Waals surface area contributed by atoms with Gasteiger partial charge in [-0.2, -0.15) is 10.4 Å². The van der Waals surface area contributed by atoms with Crippen LogP contribution in [-0.4, -0.2) is 28.3 Å². The van der Waals surface area contributed by atoms with E-state index in [1.807, 2.05) is 24.3 Å². The average molecular weight is 395 g/mol. The van der Waals surface area contributed by atoms with Gasteiger partial charge in [0.2, 0.25) is 0 Å². The molecule has 1 N–H and O–H groups in total. The average Bonchev–Trinajstić information content (AvgIpc) is 3.12. The van der Waals surface area contributed by atoms with Gasteiger partial charge in [0.15, 0.2) is 6.61 Å². The van der Waals surface area contributed by atoms with E-state index < -0.39 is 18.5 Å². The summed E-state index contributed by atoms with van der Waals surface area (Å²) in [6, 6.07) is 17.0. The maximum atomic E-state index is 12.1. The number of nitriles is 1. The lowest BCUT2D eigenvalue weighted by atomic mass is 10.1. The van der Waals surface area contributed by atoms with E-state index in [1.54, 1.807) is 35.1 Å². The normalized spacial score (nSPS) is 10.1. The molecule has 7 nitrogen and oxygen atoms in total. The van der Waals surface area contributed by atoms with Gasteiger partial charge in [-0.25, -0.2) is 9.48 Å². The Morgan fingerprint density at radius 2 is 2.00 bits per heavy atom. The molecule has 1 aromatic heterocycles. The summed E-state index contributed by atoms with van der Waals surface area (Å²) in [6.45, 7) is -0.0398. The molecule has 3 aromatic rings. The van der Waals surface area contributed by atoms with E-state index >= 15 is 0 Å². The highest BCUT2D eigenvalue weighted by molar-refractivity contribution is 6.30. The maximum absolute atomic E-state index is 12.1. The van der Waals surface area contributed by atoms with E-state index in [2.05, 4.69) is 10.4 Å². The quantitative estimate of drug-likeness (QED) is 0.647. The Balaban J connectivity index is 1.57. The van der Waals surface area contributed by atoms with Gasteiger partial charge in [-0.3, -0.25) is 4.79 Å². The molecule has 1 amide bonds. The number of nitrogens with one attached hydrogen (secondary N) is 1. The predicted molar refractivity (Wildman–Crippen MR) is 103 cm³/mol. The van der Waals surface area contributed by atoms with Gasteiger partial charge >= 0.3 is 5.97 Å². The van der Waals surface area contributed by atoms with Gasteiger partial charge in [0.25, 0.3) is 5.91 Å². The lowest BCUT2D eigenvalue weighted by Crippen LogP contribution is -2.22. The summed E-state index contributed by atoms with van der Waals surface area (Å²) >= 11 is 5.98. The van der Waals surface area contributed by atoms with Crippen molar-refractivity contribution in [3.8, 4) is 6.07 Å². The molecule has 0 aliphatic heterocycles. The molecule has 0 fully saturated rings. The van der Waals surface area contributed by atoms with Crippen LogP contribution in [0.3, 0.4) is 0 Å². The summed E-state index contributed by atoms with van der Waals surface area (Å²) in [4.78, 5) is 24.1. The van der Waals surface area contributed by atoms with Gasteiger partial charge in [0, 0.05) is 11.1 Å². The highest BCUT2D eigenvalue weighted by Gasteiger charge is 2.13. The summed E-state index contributed by atoms with van der Waals surface area (Å²) in [7, 11) is 0. The Labute approximate surface area is 166 Å². The minimum absolute atomic E-state index is 0.206. The molecular formula is C20H15ClN4O3. The fraction of sp³-hybridized carbons (Fsp3) is 0.100. The number of rotatable bonds is 6. The fourth-order valence-corrected chi connectivity index (χ4v) is 2.70. The zero-order valence-corrected chi connectivity index (χ0v) is 15.4.